The van der Waals surface area contributed by atoms with Crippen LogP contribution in [0.1, 0.15) is 34.1 Å². The van der Waals surface area contributed by atoms with Crippen LogP contribution in [-0.4, -0.2) is 23.9 Å². The van der Waals surface area contributed by atoms with Crippen LogP contribution in [0.5, 0.6) is 0 Å². The van der Waals surface area contributed by atoms with E-state index in [0.717, 1.165) is 19.4 Å². The Labute approximate surface area is 69.6 Å². The minimum Gasteiger partial charge on any atom is -0.343 e. The SMILES string of the molecule is CCN(C=O)C(C)CC(C)C. The fraction of sp³-hybridized carbons (Fsp3) is 0.889. The molecule has 2 heteroatoms. The summed E-state index contributed by atoms with van der Waals surface area (Å²) in [6.07, 6.45) is 2.03. The summed E-state index contributed by atoms with van der Waals surface area (Å²) < 4.78 is 0. The molecule has 0 aromatic carbocycles. The Morgan fingerprint density at radius 2 is 1.91 bits per heavy atom. The molecule has 0 N–H and O–H groups in total. The average Bonchev–Trinajstić information content (AvgIpc) is 1.88. The Morgan fingerprint density at radius 3 is 2.18 bits per heavy atom. The van der Waals surface area contributed by atoms with Crippen LogP contribution in [0.4, 0.5) is 0 Å². The van der Waals surface area contributed by atoms with E-state index >= 15 is 0 Å². The molecule has 0 rings (SSSR count). The number of amides is 1. The molecule has 1 amide bonds. The van der Waals surface area contributed by atoms with Crippen LogP contribution in [-0.2, 0) is 4.79 Å². The molecular formula is C9H19NO. The number of carbonyl (C=O) groups excluding carboxylic acids is 1. The molecule has 0 heterocycles. The Balaban J connectivity index is 3.78. The lowest BCUT2D eigenvalue weighted by atomic mass is 10.0. The second kappa shape index (κ2) is 5.16. The van der Waals surface area contributed by atoms with E-state index in [1.165, 1.54) is 0 Å². The van der Waals surface area contributed by atoms with Gasteiger partial charge in [0.15, 0.2) is 0 Å². The van der Waals surface area contributed by atoms with Gasteiger partial charge in [0.05, 0.1) is 0 Å². The van der Waals surface area contributed by atoms with Crippen LogP contribution in [0.2, 0.25) is 0 Å². The van der Waals surface area contributed by atoms with Crippen molar-refractivity contribution in [2.75, 3.05) is 6.54 Å². The van der Waals surface area contributed by atoms with E-state index < -0.39 is 0 Å². The maximum Gasteiger partial charge on any atom is 0.209 e. The van der Waals surface area contributed by atoms with Crippen molar-refractivity contribution < 1.29 is 4.79 Å². The van der Waals surface area contributed by atoms with E-state index in [-0.39, 0.29) is 0 Å². The minimum absolute atomic E-state index is 0.387. The Morgan fingerprint density at radius 1 is 1.36 bits per heavy atom. The van der Waals surface area contributed by atoms with Gasteiger partial charge in [-0.15, -0.1) is 0 Å². The number of rotatable bonds is 5. The van der Waals surface area contributed by atoms with Gasteiger partial charge < -0.3 is 4.90 Å². The lowest BCUT2D eigenvalue weighted by Gasteiger charge is -2.24. The van der Waals surface area contributed by atoms with E-state index in [4.69, 9.17) is 0 Å². The fourth-order valence-corrected chi connectivity index (χ4v) is 1.31. The largest absolute Gasteiger partial charge is 0.343 e. The molecule has 0 bridgehead atoms. The van der Waals surface area contributed by atoms with Gasteiger partial charge >= 0.3 is 0 Å². The van der Waals surface area contributed by atoms with Gasteiger partial charge in [0, 0.05) is 12.6 Å². The maximum absolute atomic E-state index is 10.5. The van der Waals surface area contributed by atoms with Crippen molar-refractivity contribution in [3.05, 3.63) is 0 Å². The first-order chi connectivity index (χ1) is 5.11. The third-order valence-corrected chi connectivity index (χ3v) is 1.88. The average molecular weight is 157 g/mol. The van der Waals surface area contributed by atoms with Crippen molar-refractivity contribution in [1.29, 1.82) is 0 Å². The Bertz CT molecular complexity index is 112. The molecule has 1 atom stereocenters. The summed E-state index contributed by atoms with van der Waals surface area (Å²) in [5.74, 6) is 0.666. The topological polar surface area (TPSA) is 20.3 Å². The summed E-state index contributed by atoms with van der Waals surface area (Å²) >= 11 is 0. The van der Waals surface area contributed by atoms with E-state index in [1.54, 1.807) is 0 Å². The van der Waals surface area contributed by atoms with Gasteiger partial charge in [-0.05, 0) is 26.2 Å². The predicted molar refractivity (Wildman–Crippen MR) is 47.4 cm³/mol. The number of nitrogens with zero attached hydrogens (tertiary/aromatic N) is 1. The molecule has 0 radical (unpaired) electrons. The molecule has 0 aromatic rings. The zero-order valence-corrected chi connectivity index (χ0v) is 8.00. The second-order valence-corrected chi connectivity index (χ2v) is 3.41. The van der Waals surface area contributed by atoms with Gasteiger partial charge in [0.1, 0.15) is 0 Å². The smallest absolute Gasteiger partial charge is 0.209 e. The highest BCUT2D eigenvalue weighted by Gasteiger charge is 2.10. The number of hydrogen-bond acceptors (Lipinski definition) is 1. The Kier molecular flexibility index (Phi) is 4.92. The standard InChI is InChI=1S/C9H19NO/c1-5-10(7-11)9(4)6-8(2)3/h7-9H,5-6H2,1-4H3. The first-order valence-electron chi connectivity index (χ1n) is 4.32. The van der Waals surface area contributed by atoms with Gasteiger partial charge in [-0.2, -0.15) is 0 Å². The van der Waals surface area contributed by atoms with E-state index in [2.05, 4.69) is 20.8 Å². The molecule has 0 spiro atoms. The molecule has 0 saturated heterocycles. The van der Waals surface area contributed by atoms with E-state index in [0.29, 0.717) is 12.0 Å². The van der Waals surface area contributed by atoms with Crippen molar-refractivity contribution in [2.45, 2.75) is 40.2 Å². The number of carbonyl (C=O) groups is 1. The highest BCUT2D eigenvalue weighted by molar-refractivity contribution is 5.47. The summed E-state index contributed by atoms with van der Waals surface area (Å²) in [5.41, 5.74) is 0. The van der Waals surface area contributed by atoms with Crippen LogP contribution in [0.15, 0.2) is 0 Å². The second-order valence-electron chi connectivity index (χ2n) is 3.41. The summed E-state index contributed by atoms with van der Waals surface area (Å²) in [6, 6.07) is 0.387. The molecule has 0 aliphatic carbocycles. The number of hydrogen-bond donors (Lipinski definition) is 0. The van der Waals surface area contributed by atoms with Crippen molar-refractivity contribution in [2.24, 2.45) is 5.92 Å². The summed E-state index contributed by atoms with van der Waals surface area (Å²) in [5, 5.41) is 0. The zero-order chi connectivity index (χ0) is 8.85. The summed E-state index contributed by atoms with van der Waals surface area (Å²) in [7, 11) is 0. The van der Waals surface area contributed by atoms with Crippen molar-refractivity contribution >= 4 is 6.41 Å². The molecule has 0 aliphatic rings. The highest BCUT2D eigenvalue weighted by atomic mass is 16.1. The highest BCUT2D eigenvalue weighted by Crippen LogP contribution is 2.08. The predicted octanol–water partition coefficient (Wildman–Crippen LogP) is 1.90. The third-order valence-electron chi connectivity index (χ3n) is 1.88. The lowest BCUT2D eigenvalue weighted by molar-refractivity contribution is -0.119. The van der Waals surface area contributed by atoms with Crippen molar-refractivity contribution in [1.82, 2.24) is 4.90 Å². The molecule has 1 unspecified atom stereocenters. The van der Waals surface area contributed by atoms with Crippen LogP contribution in [0, 0.1) is 5.92 Å². The fourth-order valence-electron chi connectivity index (χ4n) is 1.31. The first-order valence-corrected chi connectivity index (χ1v) is 4.32. The van der Waals surface area contributed by atoms with Gasteiger partial charge in [-0.25, -0.2) is 0 Å². The van der Waals surface area contributed by atoms with E-state index in [1.807, 2.05) is 11.8 Å². The van der Waals surface area contributed by atoms with Gasteiger partial charge in [0.2, 0.25) is 6.41 Å². The molecule has 0 aromatic heterocycles. The third kappa shape index (κ3) is 4.02. The molecule has 0 saturated carbocycles. The van der Waals surface area contributed by atoms with Crippen molar-refractivity contribution in [3.8, 4) is 0 Å². The van der Waals surface area contributed by atoms with Gasteiger partial charge in [-0.1, -0.05) is 13.8 Å². The minimum atomic E-state index is 0.387. The maximum atomic E-state index is 10.5. The normalized spacial score (nSPS) is 13.2. The van der Waals surface area contributed by atoms with Gasteiger partial charge in [0.25, 0.3) is 0 Å². The van der Waals surface area contributed by atoms with Crippen molar-refractivity contribution in [3.63, 3.8) is 0 Å². The molecule has 11 heavy (non-hydrogen) atoms. The van der Waals surface area contributed by atoms with Crippen LogP contribution in [0.25, 0.3) is 0 Å². The van der Waals surface area contributed by atoms with E-state index in [9.17, 15) is 4.79 Å². The molecule has 2 nitrogen and oxygen atoms in total. The lowest BCUT2D eigenvalue weighted by Crippen LogP contribution is -2.32. The molecule has 0 fully saturated rings. The van der Waals surface area contributed by atoms with Crippen LogP contribution >= 0.6 is 0 Å². The first kappa shape index (κ1) is 10.5. The van der Waals surface area contributed by atoms with Gasteiger partial charge in [-0.3, -0.25) is 4.79 Å². The zero-order valence-electron chi connectivity index (χ0n) is 8.00. The monoisotopic (exact) mass is 157 g/mol. The summed E-state index contributed by atoms with van der Waals surface area (Å²) in [4.78, 5) is 12.3. The van der Waals surface area contributed by atoms with Crippen LogP contribution in [0.3, 0.4) is 0 Å². The summed E-state index contributed by atoms with van der Waals surface area (Å²) in [6.45, 7) is 9.27. The molecule has 66 valence electrons. The quantitative estimate of drug-likeness (QED) is 0.558. The molecule has 0 aliphatic heterocycles. The Hall–Kier alpha value is -0.530. The van der Waals surface area contributed by atoms with Crippen LogP contribution < -0.4 is 0 Å². The molecular weight excluding hydrogens is 138 g/mol.